The Morgan fingerprint density at radius 1 is 1.20 bits per heavy atom. The topological polar surface area (TPSA) is 84.2 Å². The molecule has 0 bridgehead atoms. The average Bonchev–Trinajstić information content (AvgIpc) is 2.42. The summed E-state index contributed by atoms with van der Waals surface area (Å²) >= 11 is 5.73. The summed E-state index contributed by atoms with van der Waals surface area (Å²) in [6, 6.07) is 6.60. The molecule has 112 valence electrons. The van der Waals surface area contributed by atoms with Gasteiger partial charge in [-0.25, -0.2) is 0 Å². The lowest BCUT2D eigenvalue weighted by molar-refractivity contribution is -0.124. The summed E-state index contributed by atoms with van der Waals surface area (Å²) in [5, 5.41) is 5.98. The van der Waals surface area contributed by atoms with Crippen molar-refractivity contribution in [2.75, 3.05) is 19.6 Å². The minimum atomic E-state index is -0.216. The molecule has 0 aliphatic carbocycles. The van der Waals surface area contributed by atoms with Crippen LogP contribution < -0.4 is 16.4 Å². The van der Waals surface area contributed by atoms with E-state index in [9.17, 15) is 9.59 Å². The van der Waals surface area contributed by atoms with Gasteiger partial charge in [-0.2, -0.15) is 0 Å². The molecule has 0 saturated carbocycles. The van der Waals surface area contributed by atoms with Gasteiger partial charge in [0.1, 0.15) is 0 Å². The van der Waals surface area contributed by atoms with Crippen molar-refractivity contribution in [2.45, 2.75) is 6.92 Å². The normalized spacial score (nSPS) is 11.2. The minimum absolute atomic E-state index is 0. The fourth-order valence-corrected chi connectivity index (χ4v) is 1.47. The van der Waals surface area contributed by atoms with Crippen LogP contribution in [0.3, 0.4) is 0 Å². The fraction of sp³-hybridized carbons (Fsp3) is 0.385. The van der Waals surface area contributed by atoms with E-state index in [2.05, 4.69) is 10.6 Å². The van der Waals surface area contributed by atoms with Crippen molar-refractivity contribution in [2.24, 2.45) is 11.7 Å². The minimum Gasteiger partial charge on any atom is -0.354 e. The van der Waals surface area contributed by atoms with E-state index in [4.69, 9.17) is 17.3 Å². The van der Waals surface area contributed by atoms with E-state index in [1.165, 1.54) is 0 Å². The lowest BCUT2D eigenvalue weighted by Crippen LogP contribution is -2.38. The third-order valence-corrected chi connectivity index (χ3v) is 2.87. The van der Waals surface area contributed by atoms with Crippen LogP contribution in [-0.4, -0.2) is 31.4 Å². The van der Waals surface area contributed by atoms with Crippen LogP contribution in [-0.2, 0) is 4.79 Å². The zero-order valence-electron chi connectivity index (χ0n) is 11.2. The molecule has 1 rings (SSSR count). The van der Waals surface area contributed by atoms with Crippen molar-refractivity contribution in [1.29, 1.82) is 0 Å². The number of benzene rings is 1. The summed E-state index contributed by atoms with van der Waals surface area (Å²) in [4.78, 5) is 23.1. The van der Waals surface area contributed by atoms with Crippen LogP contribution in [0.25, 0.3) is 0 Å². The van der Waals surface area contributed by atoms with Crippen LogP contribution in [0.1, 0.15) is 17.3 Å². The van der Waals surface area contributed by atoms with E-state index in [0.29, 0.717) is 30.2 Å². The van der Waals surface area contributed by atoms with E-state index in [0.717, 1.165) is 0 Å². The zero-order chi connectivity index (χ0) is 14.3. The Morgan fingerprint density at radius 2 is 1.75 bits per heavy atom. The summed E-state index contributed by atoms with van der Waals surface area (Å²) in [7, 11) is 0. The molecule has 2 amide bonds. The predicted octanol–water partition coefficient (Wildman–Crippen LogP) is 1.20. The number of nitrogens with two attached hydrogens (primary N) is 1. The maximum absolute atomic E-state index is 11.7. The number of halogens is 2. The van der Waals surface area contributed by atoms with Crippen molar-refractivity contribution in [3.8, 4) is 0 Å². The molecule has 0 saturated heterocycles. The summed E-state index contributed by atoms with van der Waals surface area (Å²) in [6.45, 7) is 2.80. The number of carbonyl (C=O) groups excluding carboxylic acids is 2. The molecule has 1 aromatic carbocycles. The number of amides is 2. The first-order valence-electron chi connectivity index (χ1n) is 6.06. The van der Waals surface area contributed by atoms with Crippen LogP contribution >= 0.6 is 24.0 Å². The smallest absolute Gasteiger partial charge is 0.251 e. The van der Waals surface area contributed by atoms with Gasteiger partial charge in [0, 0.05) is 36.1 Å². The molecule has 0 aromatic heterocycles. The Kier molecular flexibility index (Phi) is 8.96. The maximum atomic E-state index is 11.7. The second-order valence-electron chi connectivity index (χ2n) is 4.19. The van der Waals surface area contributed by atoms with E-state index in [1.54, 1.807) is 31.2 Å². The first-order valence-corrected chi connectivity index (χ1v) is 6.44. The first-order chi connectivity index (χ1) is 9.04. The van der Waals surface area contributed by atoms with Crippen LogP contribution in [0, 0.1) is 5.92 Å². The Morgan fingerprint density at radius 3 is 2.30 bits per heavy atom. The zero-order valence-corrected chi connectivity index (χ0v) is 12.8. The summed E-state index contributed by atoms with van der Waals surface area (Å²) in [5.41, 5.74) is 5.91. The van der Waals surface area contributed by atoms with Crippen molar-refractivity contribution in [3.05, 3.63) is 34.9 Å². The van der Waals surface area contributed by atoms with Crippen molar-refractivity contribution in [1.82, 2.24) is 10.6 Å². The lowest BCUT2D eigenvalue weighted by atomic mass is 10.2. The van der Waals surface area contributed by atoms with Gasteiger partial charge < -0.3 is 16.4 Å². The molecule has 4 N–H and O–H groups in total. The van der Waals surface area contributed by atoms with Gasteiger partial charge in [0.05, 0.1) is 0 Å². The monoisotopic (exact) mass is 319 g/mol. The van der Waals surface area contributed by atoms with E-state index < -0.39 is 0 Å². The third-order valence-electron chi connectivity index (χ3n) is 2.62. The average molecular weight is 320 g/mol. The molecule has 0 aliphatic rings. The largest absolute Gasteiger partial charge is 0.354 e. The highest BCUT2D eigenvalue weighted by Gasteiger charge is 2.09. The first kappa shape index (κ1) is 18.7. The number of hydrogen-bond acceptors (Lipinski definition) is 3. The number of nitrogens with one attached hydrogen (secondary N) is 2. The van der Waals surface area contributed by atoms with E-state index in [1.807, 2.05) is 0 Å². The second-order valence-corrected chi connectivity index (χ2v) is 4.63. The Labute approximate surface area is 129 Å². The van der Waals surface area contributed by atoms with Gasteiger partial charge >= 0.3 is 0 Å². The Balaban J connectivity index is 0.00000361. The highest BCUT2D eigenvalue weighted by Crippen LogP contribution is 2.09. The number of hydrogen-bond donors (Lipinski definition) is 3. The van der Waals surface area contributed by atoms with Crippen LogP contribution in [0.2, 0.25) is 5.02 Å². The maximum Gasteiger partial charge on any atom is 0.251 e. The summed E-state index contributed by atoms with van der Waals surface area (Å²) in [5.74, 6) is -0.520. The van der Waals surface area contributed by atoms with Crippen LogP contribution in [0.15, 0.2) is 24.3 Å². The molecule has 1 aromatic rings. The van der Waals surface area contributed by atoms with Crippen molar-refractivity contribution >= 4 is 35.8 Å². The molecular formula is C13H19Cl2N3O2. The molecule has 0 fully saturated rings. The molecule has 1 unspecified atom stereocenters. The number of carbonyl (C=O) groups is 2. The van der Waals surface area contributed by atoms with Gasteiger partial charge in [-0.05, 0) is 24.3 Å². The third kappa shape index (κ3) is 6.23. The van der Waals surface area contributed by atoms with Crippen molar-refractivity contribution in [3.63, 3.8) is 0 Å². The van der Waals surface area contributed by atoms with Crippen LogP contribution in [0.5, 0.6) is 0 Å². The van der Waals surface area contributed by atoms with E-state index >= 15 is 0 Å². The quantitative estimate of drug-likeness (QED) is 0.689. The molecule has 1 atom stereocenters. The van der Waals surface area contributed by atoms with Gasteiger partial charge in [0.25, 0.3) is 5.91 Å². The van der Waals surface area contributed by atoms with Crippen molar-refractivity contribution < 1.29 is 9.59 Å². The lowest BCUT2D eigenvalue weighted by Gasteiger charge is -2.10. The molecule has 5 nitrogen and oxygen atoms in total. The fourth-order valence-electron chi connectivity index (χ4n) is 1.35. The molecule has 7 heteroatoms. The molecule has 0 heterocycles. The SMILES string of the molecule is CC(CN)C(=O)NCCNC(=O)c1ccc(Cl)cc1.Cl. The van der Waals surface area contributed by atoms with Crippen LogP contribution in [0.4, 0.5) is 0 Å². The summed E-state index contributed by atoms with van der Waals surface area (Å²) in [6.07, 6.45) is 0. The van der Waals surface area contributed by atoms with E-state index in [-0.39, 0.29) is 30.1 Å². The standard InChI is InChI=1S/C13H18ClN3O2.ClH/c1-9(8-15)12(18)16-6-7-17-13(19)10-2-4-11(14)5-3-10;/h2-5,9H,6-8,15H2,1H3,(H,16,18)(H,17,19);1H. The predicted molar refractivity (Wildman–Crippen MR) is 82.3 cm³/mol. The van der Waals surface area contributed by atoms with Gasteiger partial charge in [0.2, 0.25) is 5.91 Å². The van der Waals surface area contributed by atoms with Gasteiger partial charge in [-0.1, -0.05) is 18.5 Å². The molecule has 0 aliphatic heterocycles. The van der Waals surface area contributed by atoms with Gasteiger partial charge in [0.15, 0.2) is 0 Å². The van der Waals surface area contributed by atoms with Gasteiger partial charge in [-0.15, -0.1) is 12.4 Å². The van der Waals surface area contributed by atoms with Gasteiger partial charge in [-0.3, -0.25) is 9.59 Å². The Hall–Kier alpha value is -1.30. The molecule has 20 heavy (non-hydrogen) atoms. The summed E-state index contributed by atoms with van der Waals surface area (Å²) < 4.78 is 0. The number of rotatable bonds is 6. The Bertz CT molecular complexity index is 438. The molecule has 0 spiro atoms. The molecule has 0 radical (unpaired) electrons. The second kappa shape index (κ2) is 9.58. The molecular weight excluding hydrogens is 301 g/mol. The highest BCUT2D eigenvalue weighted by molar-refractivity contribution is 6.30. The highest BCUT2D eigenvalue weighted by atomic mass is 35.5.